The molecule has 94 valence electrons. The summed E-state index contributed by atoms with van der Waals surface area (Å²) in [6.45, 7) is 0. The van der Waals surface area contributed by atoms with Crippen molar-refractivity contribution in [3.05, 3.63) is 62.6 Å². The molecule has 0 aliphatic heterocycles. The average Bonchev–Trinajstić information content (AvgIpc) is 2.38. The van der Waals surface area contributed by atoms with Crippen LogP contribution in [0.15, 0.2) is 30.3 Å². The molecular weight excluding hydrogens is 285 g/mol. The van der Waals surface area contributed by atoms with Crippen molar-refractivity contribution in [3.8, 4) is 0 Å². The minimum Gasteiger partial charge on any atom is -0.398 e. The number of halogens is 2. The molecule has 2 aromatic rings. The second kappa shape index (κ2) is 4.08. The highest BCUT2D eigenvalue weighted by Crippen LogP contribution is 2.37. The molecule has 0 bridgehead atoms. The number of rotatable bonds is 0. The maximum Gasteiger partial charge on any atom is 0.197 e. The van der Waals surface area contributed by atoms with Gasteiger partial charge in [0.15, 0.2) is 11.6 Å². The molecule has 0 unspecified atom stereocenters. The number of nitrogens with two attached hydrogens (primary N) is 1. The fraction of sp³-hybridized carbons (Fsp3) is 0. The van der Waals surface area contributed by atoms with Gasteiger partial charge in [-0.2, -0.15) is 0 Å². The van der Waals surface area contributed by atoms with Crippen LogP contribution in [0.5, 0.6) is 0 Å². The highest BCUT2D eigenvalue weighted by Gasteiger charge is 2.34. The Balaban J connectivity index is 2.43. The number of carbonyl (C=O) groups is 2. The van der Waals surface area contributed by atoms with Gasteiger partial charge in [-0.1, -0.05) is 35.3 Å². The molecule has 0 spiro atoms. The molecular formula is C14H7Cl2NO2. The predicted octanol–water partition coefficient (Wildman–Crippen LogP) is 3.35. The highest BCUT2D eigenvalue weighted by atomic mass is 35.5. The van der Waals surface area contributed by atoms with Crippen molar-refractivity contribution in [1.82, 2.24) is 0 Å². The van der Waals surface area contributed by atoms with Gasteiger partial charge in [-0.3, -0.25) is 9.59 Å². The van der Waals surface area contributed by atoms with Crippen LogP contribution in [-0.4, -0.2) is 11.6 Å². The third-order valence-corrected chi connectivity index (χ3v) is 3.76. The first-order valence-electron chi connectivity index (χ1n) is 5.48. The second-order valence-electron chi connectivity index (χ2n) is 4.21. The lowest BCUT2D eigenvalue weighted by Gasteiger charge is -2.20. The molecule has 0 radical (unpaired) electrons. The zero-order valence-electron chi connectivity index (χ0n) is 9.54. The SMILES string of the molecule is Nc1ccc(Cl)c2c1C(=O)c1cccc(Cl)c1C2=O. The quantitative estimate of drug-likeness (QED) is 0.646. The van der Waals surface area contributed by atoms with Gasteiger partial charge in [0.05, 0.1) is 26.7 Å². The molecule has 0 heterocycles. The fourth-order valence-electron chi connectivity index (χ4n) is 2.26. The number of hydrogen-bond donors (Lipinski definition) is 1. The molecule has 19 heavy (non-hydrogen) atoms. The summed E-state index contributed by atoms with van der Waals surface area (Å²) in [5, 5.41) is 0.438. The summed E-state index contributed by atoms with van der Waals surface area (Å²) in [6, 6.07) is 7.77. The van der Waals surface area contributed by atoms with Gasteiger partial charge in [-0.05, 0) is 18.2 Å². The summed E-state index contributed by atoms with van der Waals surface area (Å²) in [5.41, 5.74) is 6.78. The average molecular weight is 292 g/mol. The van der Waals surface area contributed by atoms with E-state index in [1.807, 2.05) is 0 Å². The van der Waals surface area contributed by atoms with E-state index in [9.17, 15) is 9.59 Å². The molecule has 3 nitrogen and oxygen atoms in total. The zero-order chi connectivity index (χ0) is 13.7. The summed E-state index contributed by atoms with van der Waals surface area (Å²) in [4.78, 5) is 24.9. The number of carbonyl (C=O) groups excluding carboxylic acids is 2. The van der Waals surface area contributed by atoms with Crippen molar-refractivity contribution >= 4 is 40.5 Å². The van der Waals surface area contributed by atoms with Gasteiger partial charge in [-0.15, -0.1) is 0 Å². The number of fused-ring (bicyclic) bond motifs is 2. The van der Waals surface area contributed by atoms with Gasteiger partial charge in [0.2, 0.25) is 0 Å². The lowest BCUT2D eigenvalue weighted by atomic mass is 9.83. The molecule has 0 saturated carbocycles. The lowest BCUT2D eigenvalue weighted by molar-refractivity contribution is 0.0980. The zero-order valence-corrected chi connectivity index (χ0v) is 11.0. The molecule has 1 aliphatic carbocycles. The van der Waals surface area contributed by atoms with Crippen molar-refractivity contribution < 1.29 is 9.59 Å². The van der Waals surface area contributed by atoms with Crippen LogP contribution in [0, 0.1) is 0 Å². The third kappa shape index (κ3) is 1.59. The van der Waals surface area contributed by atoms with E-state index in [-0.39, 0.29) is 49.6 Å². The largest absolute Gasteiger partial charge is 0.398 e. The first kappa shape index (κ1) is 12.2. The molecule has 3 rings (SSSR count). The fourth-order valence-corrected chi connectivity index (χ4v) is 2.77. The Morgan fingerprint density at radius 1 is 0.789 bits per heavy atom. The second-order valence-corrected chi connectivity index (χ2v) is 5.02. The van der Waals surface area contributed by atoms with Gasteiger partial charge in [0.25, 0.3) is 0 Å². The first-order valence-corrected chi connectivity index (χ1v) is 6.24. The van der Waals surface area contributed by atoms with E-state index < -0.39 is 0 Å². The molecule has 2 aromatic carbocycles. The van der Waals surface area contributed by atoms with Crippen LogP contribution in [0.1, 0.15) is 31.8 Å². The smallest absolute Gasteiger partial charge is 0.197 e. The summed E-state index contributed by atoms with van der Waals surface area (Å²) in [6.07, 6.45) is 0. The Labute approximate surface area is 118 Å². The van der Waals surface area contributed by atoms with Crippen molar-refractivity contribution in [3.63, 3.8) is 0 Å². The van der Waals surface area contributed by atoms with Crippen LogP contribution in [-0.2, 0) is 0 Å². The number of anilines is 1. The normalized spacial score (nSPS) is 13.2. The Bertz CT molecular complexity index is 753. The van der Waals surface area contributed by atoms with Crippen molar-refractivity contribution in [2.45, 2.75) is 0 Å². The monoisotopic (exact) mass is 291 g/mol. The topological polar surface area (TPSA) is 60.2 Å². The van der Waals surface area contributed by atoms with Crippen LogP contribution < -0.4 is 5.73 Å². The van der Waals surface area contributed by atoms with E-state index in [2.05, 4.69) is 0 Å². The molecule has 2 N–H and O–H groups in total. The van der Waals surface area contributed by atoms with Gasteiger partial charge < -0.3 is 5.73 Å². The maximum atomic E-state index is 12.5. The van der Waals surface area contributed by atoms with E-state index in [4.69, 9.17) is 28.9 Å². The van der Waals surface area contributed by atoms with E-state index in [1.165, 1.54) is 12.1 Å². The van der Waals surface area contributed by atoms with Gasteiger partial charge in [0, 0.05) is 11.3 Å². The molecule has 1 aliphatic rings. The Hall–Kier alpha value is -1.84. The van der Waals surface area contributed by atoms with Crippen LogP contribution in [0.3, 0.4) is 0 Å². The van der Waals surface area contributed by atoms with Gasteiger partial charge >= 0.3 is 0 Å². The molecule has 0 aromatic heterocycles. The predicted molar refractivity (Wildman–Crippen MR) is 74.2 cm³/mol. The standard InChI is InChI=1S/C14H7Cl2NO2/c15-7-3-1-2-6-10(7)14(19)11-8(16)4-5-9(17)12(11)13(6)18/h1-5H,17H2. The van der Waals surface area contributed by atoms with E-state index in [0.717, 1.165) is 0 Å². The minimum atomic E-state index is -0.368. The number of nitrogen functional groups attached to an aromatic ring is 1. The van der Waals surface area contributed by atoms with Crippen LogP contribution >= 0.6 is 23.2 Å². The van der Waals surface area contributed by atoms with Crippen LogP contribution in [0.25, 0.3) is 0 Å². The summed E-state index contributed by atoms with van der Waals surface area (Å²) < 4.78 is 0. The Kier molecular flexibility index (Phi) is 2.62. The van der Waals surface area contributed by atoms with E-state index >= 15 is 0 Å². The van der Waals surface area contributed by atoms with Crippen molar-refractivity contribution in [2.75, 3.05) is 5.73 Å². The van der Waals surface area contributed by atoms with Crippen molar-refractivity contribution in [1.29, 1.82) is 0 Å². The highest BCUT2D eigenvalue weighted by molar-refractivity contribution is 6.43. The van der Waals surface area contributed by atoms with Crippen molar-refractivity contribution in [2.24, 2.45) is 0 Å². The Morgan fingerprint density at radius 2 is 1.47 bits per heavy atom. The molecule has 0 fully saturated rings. The molecule has 0 saturated heterocycles. The maximum absolute atomic E-state index is 12.5. The number of benzene rings is 2. The summed E-state index contributed by atoms with van der Waals surface area (Å²) >= 11 is 12.0. The minimum absolute atomic E-state index is 0.132. The first-order chi connectivity index (χ1) is 9.02. The third-order valence-electron chi connectivity index (χ3n) is 3.13. The molecule has 0 amide bonds. The van der Waals surface area contributed by atoms with Gasteiger partial charge in [-0.25, -0.2) is 0 Å². The van der Waals surface area contributed by atoms with E-state index in [0.29, 0.717) is 0 Å². The molecule has 0 atom stereocenters. The van der Waals surface area contributed by atoms with Crippen LogP contribution in [0.2, 0.25) is 10.0 Å². The summed E-state index contributed by atoms with van der Waals surface area (Å²) in [5.74, 6) is -0.695. The Morgan fingerprint density at radius 3 is 2.21 bits per heavy atom. The van der Waals surface area contributed by atoms with Gasteiger partial charge in [0.1, 0.15) is 0 Å². The summed E-state index contributed by atoms with van der Waals surface area (Å²) in [7, 11) is 0. The number of ketones is 2. The number of hydrogen-bond acceptors (Lipinski definition) is 3. The lowest BCUT2D eigenvalue weighted by Crippen LogP contribution is -2.23. The molecule has 5 heteroatoms. The van der Waals surface area contributed by atoms with Crippen LogP contribution in [0.4, 0.5) is 5.69 Å². The van der Waals surface area contributed by atoms with E-state index in [1.54, 1.807) is 18.2 Å².